The van der Waals surface area contributed by atoms with Crippen LogP contribution in [0.1, 0.15) is 17.0 Å². The highest BCUT2D eigenvalue weighted by Crippen LogP contribution is 2.34. The lowest BCUT2D eigenvalue weighted by Gasteiger charge is -2.47. The molecule has 4 rings (SSSR count). The zero-order valence-electron chi connectivity index (χ0n) is 13.6. The van der Waals surface area contributed by atoms with Crippen LogP contribution in [0.15, 0.2) is 30.5 Å². The molecule has 26 heavy (non-hydrogen) atoms. The van der Waals surface area contributed by atoms with Crippen molar-refractivity contribution in [1.29, 1.82) is 0 Å². The van der Waals surface area contributed by atoms with E-state index in [-0.39, 0.29) is 5.82 Å². The Kier molecular flexibility index (Phi) is 4.50. The fourth-order valence-electron chi connectivity index (χ4n) is 3.08. The third-order valence-corrected chi connectivity index (χ3v) is 4.87. The normalized spacial score (nSPS) is 19.1. The molecule has 0 saturated carbocycles. The van der Waals surface area contributed by atoms with Gasteiger partial charge in [0.2, 0.25) is 0 Å². The Morgan fingerprint density at radius 2 is 1.92 bits per heavy atom. The average molecular weight is 385 g/mol. The van der Waals surface area contributed by atoms with Gasteiger partial charge < -0.3 is 10.1 Å². The van der Waals surface area contributed by atoms with E-state index >= 15 is 0 Å². The molecule has 0 aromatic carbocycles. The third-order valence-electron chi connectivity index (χ3n) is 4.68. The molecule has 2 fully saturated rings. The van der Waals surface area contributed by atoms with Gasteiger partial charge in [-0.3, -0.25) is 4.90 Å². The van der Waals surface area contributed by atoms with E-state index in [2.05, 4.69) is 20.2 Å². The monoisotopic (exact) mass is 384 g/mol. The fraction of sp³-hybridized carbons (Fsp3) is 0.412. The molecule has 138 valence electrons. The molecule has 2 saturated heterocycles. The lowest BCUT2D eigenvalue weighted by Crippen LogP contribution is -2.58. The topological polar surface area (TPSA) is 50.3 Å². The Morgan fingerprint density at radius 1 is 1.15 bits per heavy atom. The van der Waals surface area contributed by atoms with E-state index in [9.17, 15) is 13.2 Å². The van der Waals surface area contributed by atoms with Crippen LogP contribution in [0.2, 0.25) is 5.15 Å². The number of nitrogens with one attached hydrogen (secondary N) is 1. The molecule has 9 heteroatoms. The summed E-state index contributed by atoms with van der Waals surface area (Å²) in [5.74, 6) is 0.776. The standard InChI is InChI=1S/C17H16ClF3N4O/c18-14-3-10(11-6-25(7-11)13-8-26-9-13)4-16(23-14)24-15-5-12(1-2-22-15)17(19,20)21/h1-5,11,13H,6-9H2,(H,22,23,24). The summed E-state index contributed by atoms with van der Waals surface area (Å²) >= 11 is 6.10. The highest BCUT2D eigenvalue weighted by molar-refractivity contribution is 6.29. The van der Waals surface area contributed by atoms with Crippen molar-refractivity contribution in [2.45, 2.75) is 18.1 Å². The maximum absolute atomic E-state index is 12.8. The van der Waals surface area contributed by atoms with Gasteiger partial charge in [0, 0.05) is 25.2 Å². The van der Waals surface area contributed by atoms with E-state index in [0.717, 1.165) is 50.2 Å². The minimum Gasteiger partial charge on any atom is -0.378 e. The number of alkyl halides is 3. The van der Waals surface area contributed by atoms with Gasteiger partial charge in [-0.05, 0) is 29.8 Å². The van der Waals surface area contributed by atoms with Gasteiger partial charge in [0.1, 0.15) is 16.8 Å². The lowest BCUT2D eigenvalue weighted by molar-refractivity contribution is -0.137. The van der Waals surface area contributed by atoms with Crippen LogP contribution in [-0.2, 0) is 10.9 Å². The second-order valence-corrected chi connectivity index (χ2v) is 6.89. The van der Waals surface area contributed by atoms with Crippen molar-refractivity contribution < 1.29 is 17.9 Å². The maximum atomic E-state index is 12.8. The van der Waals surface area contributed by atoms with Gasteiger partial charge in [-0.15, -0.1) is 0 Å². The molecule has 0 unspecified atom stereocenters. The highest BCUT2D eigenvalue weighted by Gasteiger charge is 2.37. The maximum Gasteiger partial charge on any atom is 0.416 e. The Morgan fingerprint density at radius 3 is 2.58 bits per heavy atom. The number of anilines is 2. The van der Waals surface area contributed by atoms with E-state index in [1.54, 1.807) is 6.07 Å². The molecule has 0 bridgehead atoms. The second-order valence-electron chi connectivity index (χ2n) is 6.50. The number of ether oxygens (including phenoxy) is 1. The summed E-state index contributed by atoms with van der Waals surface area (Å²) in [6, 6.07) is 5.98. The predicted molar refractivity (Wildman–Crippen MR) is 90.7 cm³/mol. The van der Waals surface area contributed by atoms with Gasteiger partial charge in [-0.25, -0.2) is 9.97 Å². The molecule has 5 nitrogen and oxygen atoms in total. The number of halogens is 4. The average Bonchev–Trinajstić information content (AvgIpc) is 2.47. The number of aromatic nitrogens is 2. The van der Waals surface area contributed by atoms with Gasteiger partial charge >= 0.3 is 6.18 Å². The zero-order valence-corrected chi connectivity index (χ0v) is 14.4. The van der Waals surface area contributed by atoms with Crippen LogP contribution < -0.4 is 5.32 Å². The lowest BCUT2D eigenvalue weighted by atomic mass is 9.90. The quantitative estimate of drug-likeness (QED) is 0.815. The summed E-state index contributed by atoms with van der Waals surface area (Å²) in [5, 5.41) is 3.11. The van der Waals surface area contributed by atoms with Gasteiger partial charge in [0.25, 0.3) is 0 Å². The Labute approximate surface area is 153 Å². The zero-order chi connectivity index (χ0) is 18.3. The minimum absolute atomic E-state index is 0.0717. The van der Waals surface area contributed by atoms with Crippen LogP contribution in [0.4, 0.5) is 24.8 Å². The minimum atomic E-state index is -4.42. The smallest absolute Gasteiger partial charge is 0.378 e. The van der Waals surface area contributed by atoms with Crippen molar-refractivity contribution in [3.05, 3.63) is 46.7 Å². The first-order valence-electron chi connectivity index (χ1n) is 8.18. The van der Waals surface area contributed by atoms with Crippen molar-refractivity contribution in [2.24, 2.45) is 0 Å². The predicted octanol–water partition coefficient (Wildman–Crippen LogP) is 3.69. The molecule has 0 aliphatic carbocycles. The third kappa shape index (κ3) is 3.62. The molecule has 2 aromatic rings. The number of rotatable bonds is 4. The summed E-state index contributed by atoms with van der Waals surface area (Å²) < 4.78 is 43.7. The molecule has 0 atom stereocenters. The highest BCUT2D eigenvalue weighted by atomic mass is 35.5. The van der Waals surface area contributed by atoms with E-state index < -0.39 is 11.7 Å². The van der Waals surface area contributed by atoms with Crippen molar-refractivity contribution in [3.63, 3.8) is 0 Å². The van der Waals surface area contributed by atoms with E-state index in [1.807, 2.05) is 6.07 Å². The van der Waals surface area contributed by atoms with E-state index in [4.69, 9.17) is 16.3 Å². The van der Waals surface area contributed by atoms with E-state index in [0.29, 0.717) is 22.9 Å². The largest absolute Gasteiger partial charge is 0.416 e. The molecule has 0 spiro atoms. The first kappa shape index (κ1) is 17.5. The summed E-state index contributed by atoms with van der Waals surface area (Å²) in [5.41, 5.74) is 0.241. The van der Waals surface area contributed by atoms with Crippen LogP contribution in [0.3, 0.4) is 0 Å². The van der Waals surface area contributed by atoms with Crippen LogP contribution in [0.25, 0.3) is 0 Å². The summed E-state index contributed by atoms with van der Waals surface area (Å²) in [6.45, 7) is 3.38. The summed E-state index contributed by atoms with van der Waals surface area (Å²) in [7, 11) is 0. The van der Waals surface area contributed by atoms with Crippen LogP contribution in [0.5, 0.6) is 0 Å². The molecule has 2 aromatic heterocycles. The molecule has 4 heterocycles. The van der Waals surface area contributed by atoms with E-state index in [1.165, 1.54) is 0 Å². The van der Waals surface area contributed by atoms with Gasteiger partial charge in [-0.1, -0.05) is 11.6 Å². The number of hydrogen-bond acceptors (Lipinski definition) is 5. The van der Waals surface area contributed by atoms with Crippen LogP contribution in [0, 0.1) is 0 Å². The van der Waals surface area contributed by atoms with Gasteiger partial charge in [0.15, 0.2) is 0 Å². The number of likely N-dealkylation sites (tertiary alicyclic amines) is 1. The van der Waals surface area contributed by atoms with Gasteiger partial charge in [-0.2, -0.15) is 13.2 Å². The van der Waals surface area contributed by atoms with Gasteiger partial charge in [0.05, 0.1) is 24.8 Å². The Bertz CT molecular complexity index is 807. The molecule has 2 aliphatic rings. The van der Waals surface area contributed by atoms with Crippen molar-refractivity contribution in [3.8, 4) is 0 Å². The molecule has 0 radical (unpaired) electrons. The number of nitrogens with zero attached hydrogens (tertiary/aromatic N) is 3. The second kappa shape index (κ2) is 6.68. The summed E-state index contributed by atoms with van der Waals surface area (Å²) in [6.07, 6.45) is -3.31. The van der Waals surface area contributed by atoms with Crippen LogP contribution in [-0.4, -0.2) is 47.2 Å². The van der Waals surface area contributed by atoms with Crippen molar-refractivity contribution in [2.75, 3.05) is 31.6 Å². The molecule has 0 amide bonds. The van der Waals surface area contributed by atoms with Crippen molar-refractivity contribution >= 4 is 23.2 Å². The molecular formula is C17H16ClF3N4O. The molecule has 1 N–H and O–H groups in total. The number of hydrogen-bond donors (Lipinski definition) is 1. The number of pyridine rings is 2. The first-order valence-corrected chi connectivity index (χ1v) is 8.56. The molecular weight excluding hydrogens is 369 g/mol. The first-order chi connectivity index (χ1) is 12.4. The molecule has 2 aliphatic heterocycles. The van der Waals surface area contributed by atoms with Crippen molar-refractivity contribution in [1.82, 2.24) is 14.9 Å². The Balaban J connectivity index is 1.48. The van der Waals surface area contributed by atoms with Crippen LogP contribution >= 0.6 is 11.6 Å². The summed E-state index contributed by atoms with van der Waals surface area (Å²) in [4.78, 5) is 10.4. The SMILES string of the molecule is FC(F)(F)c1ccnc(Nc2cc(C3CN(C4COC4)C3)cc(Cl)n2)c1. The fourth-order valence-corrected chi connectivity index (χ4v) is 3.30. The Hall–Kier alpha value is -1.90.